The molecule has 17 heavy (non-hydrogen) atoms. The van der Waals surface area contributed by atoms with Crippen molar-refractivity contribution in [3.05, 3.63) is 44.9 Å². The summed E-state index contributed by atoms with van der Waals surface area (Å²) in [7, 11) is 1.91. The SMILES string of the molecule is CNc1nc(CCc2ccc(Br)cc2)c(C)s1. The van der Waals surface area contributed by atoms with E-state index in [0.717, 1.165) is 22.4 Å². The van der Waals surface area contributed by atoms with Crippen molar-refractivity contribution in [3.63, 3.8) is 0 Å². The fourth-order valence-corrected chi connectivity index (χ4v) is 2.76. The Balaban J connectivity index is 2.01. The molecule has 0 atom stereocenters. The summed E-state index contributed by atoms with van der Waals surface area (Å²) >= 11 is 5.17. The van der Waals surface area contributed by atoms with Crippen molar-refractivity contribution in [1.82, 2.24) is 4.98 Å². The molecule has 90 valence electrons. The van der Waals surface area contributed by atoms with Gasteiger partial charge in [0.1, 0.15) is 0 Å². The van der Waals surface area contributed by atoms with Gasteiger partial charge in [-0.2, -0.15) is 0 Å². The van der Waals surface area contributed by atoms with Crippen molar-refractivity contribution >= 4 is 32.4 Å². The van der Waals surface area contributed by atoms with E-state index >= 15 is 0 Å². The number of hydrogen-bond acceptors (Lipinski definition) is 3. The maximum atomic E-state index is 4.56. The van der Waals surface area contributed by atoms with Gasteiger partial charge in [-0.15, -0.1) is 11.3 Å². The molecule has 1 N–H and O–H groups in total. The fraction of sp³-hybridized carbons (Fsp3) is 0.308. The van der Waals surface area contributed by atoms with E-state index in [9.17, 15) is 0 Å². The normalized spacial score (nSPS) is 10.5. The molecule has 0 saturated heterocycles. The summed E-state index contributed by atoms with van der Waals surface area (Å²) in [6.45, 7) is 2.13. The van der Waals surface area contributed by atoms with Crippen molar-refractivity contribution in [1.29, 1.82) is 0 Å². The number of nitrogens with one attached hydrogen (secondary N) is 1. The molecule has 1 heterocycles. The highest BCUT2D eigenvalue weighted by atomic mass is 79.9. The molecule has 0 aliphatic carbocycles. The molecule has 0 aliphatic rings. The summed E-state index contributed by atoms with van der Waals surface area (Å²) < 4.78 is 1.13. The van der Waals surface area contributed by atoms with Gasteiger partial charge in [0.05, 0.1) is 5.69 Å². The highest BCUT2D eigenvalue weighted by Crippen LogP contribution is 2.22. The summed E-state index contributed by atoms with van der Waals surface area (Å²) in [5.41, 5.74) is 2.56. The lowest BCUT2D eigenvalue weighted by atomic mass is 10.1. The Hall–Kier alpha value is -0.870. The van der Waals surface area contributed by atoms with Gasteiger partial charge in [0.25, 0.3) is 0 Å². The second kappa shape index (κ2) is 5.65. The van der Waals surface area contributed by atoms with Crippen LogP contribution in [0, 0.1) is 6.92 Å². The molecule has 2 rings (SSSR count). The van der Waals surface area contributed by atoms with Crippen LogP contribution in [-0.2, 0) is 12.8 Å². The third-order valence-corrected chi connectivity index (χ3v) is 4.23. The number of hydrogen-bond donors (Lipinski definition) is 1. The summed E-state index contributed by atoms with van der Waals surface area (Å²) in [6, 6.07) is 8.49. The summed E-state index contributed by atoms with van der Waals surface area (Å²) in [6.07, 6.45) is 2.05. The highest BCUT2D eigenvalue weighted by Gasteiger charge is 2.06. The van der Waals surface area contributed by atoms with Gasteiger partial charge in [0, 0.05) is 16.4 Å². The van der Waals surface area contributed by atoms with Crippen LogP contribution in [0.1, 0.15) is 16.1 Å². The van der Waals surface area contributed by atoms with Crippen LogP contribution in [0.4, 0.5) is 5.13 Å². The molecule has 0 unspecified atom stereocenters. The standard InChI is InChI=1S/C13H15BrN2S/c1-9-12(16-13(15-2)17-9)8-5-10-3-6-11(14)7-4-10/h3-4,6-7H,5,8H2,1-2H3,(H,15,16). The van der Waals surface area contributed by atoms with Crippen LogP contribution in [0.15, 0.2) is 28.7 Å². The zero-order chi connectivity index (χ0) is 12.3. The Morgan fingerprint density at radius 1 is 1.24 bits per heavy atom. The molecule has 0 aliphatic heterocycles. The van der Waals surface area contributed by atoms with Crippen molar-refractivity contribution in [2.24, 2.45) is 0 Å². The van der Waals surface area contributed by atoms with E-state index in [2.05, 4.69) is 57.4 Å². The van der Waals surface area contributed by atoms with Crippen molar-refractivity contribution < 1.29 is 0 Å². The first kappa shape index (κ1) is 12.6. The summed E-state index contributed by atoms with van der Waals surface area (Å²) in [5, 5.41) is 4.10. The van der Waals surface area contributed by atoms with Crippen molar-refractivity contribution in [3.8, 4) is 0 Å². The molecule has 2 aromatic rings. The Kier molecular flexibility index (Phi) is 4.18. The number of nitrogens with zero attached hydrogens (tertiary/aromatic N) is 1. The van der Waals surface area contributed by atoms with Gasteiger partial charge < -0.3 is 5.32 Å². The van der Waals surface area contributed by atoms with Crippen LogP contribution in [0.25, 0.3) is 0 Å². The molecule has 0 fully saturated rings. The number of rotatable bonds is 4. The van der Waals surface area contributed by atoms with Gasteiger partial charge >= 0.3 is 0 Å². The van der Waals surface area contributed by atoms with E-state index in [0.29, 0.717) is 0 Å². The largest absolute Gasteiger partial charge is 0.365 e. The molecule has 1 aromatic heterocycles. The molecule has 0 bridgehead atoms. The first-order chi connectivity index (χ1) is 8.19. The number of halogens is 1. The van der Waals surface area contributed by atoms with Gasteiger partial charge in [-0.05, 0) is 37.5 Å². The van der Waals surface area contributed by atoms with Crippen molar-refractivity contribution in [2.75, 3.05) is 12.4 Å². The third-order valence-electron chi connectivity index (χ3n) is 2.67. The number of anilines is 1. The second-order valence-electron chi connectivity index (χ2n) is 3.90. The molecule has 0 radical (unpaired) electrons. The first-order valence-electron chi connectivity index (χ1n) is 5.57. The van der Waals surface area contributed by atoms with E-state index in [1.54, 1.807) is 11.3 Å². The number of thiazole rings is 1. The Labute approximate surface area is 114 Å². The molecule has 1 aromatic carbocycles. The number of benzene rings is 1. The minimum atomic E-state index is 1.01. The molecular formula is C13H15BrN2S. The monoisotopic (exact) mass is 310 g/mol. The van der Waals surface area contributed by atoms with Crippen LogP contribution in [0.5, 0.6) is 0 Å². The predicted molar refractivity (Wildman–Crippen MR) is 77.9 cm³/mol. The molecule has 0 saturated carbocycles. The van der Waals surface area contributed by atoms with Gasteiger partial charge in [-0.25, -0.2) is 4.98 Å². The van der Waals surface area contributed by atoms with Crippen LogP contribution < -0.4 is 5.32 Å². The van der Waals surface area contributed by atoms with E-state index < -0.39 is 0 Å². The third kappa shape index (κ3) is 3.30. The van der Waals surface area contributed by atoms with E-state index in [1.165, 1.54) is 16.1 Å². The topological polar surface area (TPSA) is 24.9 Å². The minimum absolute atomic E-state index is 1.01. The van der Waals surface area contributed by atoms with Gasteiger partial charge in [-0.3, -0.25) is 0 Å². The molecule has 0 spiro atoms. The lowest BCUT2D eigenvalue weighted by Gasteiger charge is -2.00. The Morgan fingerprint density at radius 2 is 1.94 bits per heavy atom. The maximum Gasteiger partial charge on any atom is 0.182 e. The smallest absolute Gasteiger partial charge is 0.182 e. The van der Waals surface area contributed by atoms with Crippen LogP contribution >= 0.6 is 27.3 Å². The van der Waals surface area contributed by atoms with Crippen LogP contribution in [0.2, 0.25) is 0 Å². The van der Waals surface area contributed by atoms with Crippen LogP contribution in [-0.4, -0.2) is 12.0 Å². The van der Waals surface area contributed by atoms with Gasteiger partial charge in [0.2, 0.25) is 0 Å². The molecule has 4 heteroatoms. The highest BCUT2D eigenvalue weighted by molar-refractivity contribution is 9.10. The quantitative estimate of drug-likeness (QED) is 0.922. The average Bonchev–Trinajstić information content (AvgIpc) is 2.69. The molecule has 2 nitrogen and oxygen atoms in total. The van der Waals surface area contributed by atoms with Gasteiger partial charge in [0.15, 0.2) is 5.13 Å². The Bertz CT molecular complexity index is 491. The number of aromatic nitrogens is 1. The van der Waals surface area contributed by atoms with E-state index in [-0.39, 0.29) is 0 Å². The van der Waals surface area contributed by atoms with Crippen LogP contribution in [0.3, 0.4) is 0 Å². The average molecular weight is 311 g/mol. The molecule has 0 amide bonds. The lowest BCUT2D eigenvalue weighted by Crippen LogP contribution is -1.94. The zero-order valence-electron chi connectivity index (χ0n) is 9.96. The van der Waals surface area contributed by atoms with E-state index in [1.807, 2.05) is 7.05 Å². The molecular weight excluding hydrogens is 296 g/mol. The second-order valence-corrected chi connectivity index (χ2v) is 6.02. The van der Waals surface area contributed by atoms with Crippen molar-refractivity contribution in [2.45, 2.75) is 19.8 Å². The minimum Gasteiger partial charge on any atom is -0.365 e. The Morgan fingerprint density at radius 3 is 2.53 bits per heavy atom. The maximum absolute atomic E-state index is 4.56. The fourth-order valence-electron chi connectivity index (χ4n) is 1.68. The predicted octanol–water partition coefficient (Wildman–Crippen LogP) is 4.04. The zero-order valence-corrected chi connectivity index (χ0v) is 12.4. The van der Waals surface area contributed by atoms with E-state index in [4.69, 9.17) is 0 Å². The summed E-state index contributed by atoms with van der Waals surface area (Å²) in [4.78, 5) is 5.87. The summed E-state index contributed by atoms with van der Waals surface area (Å²) in [5.74, 6) is 0. The first-order valence-corrected chi connectivity index (χ1v) is 7.18. The number of aryl methyl sites for hydroxylation is 3. The lowest BCUT2D eigenvalue weighted by molar-refractivity contribution is 0.917. The van der Waals surface area contributed by atoms with Gasteiger partial charge in [-0.1, -0.05) is 28.1 Å².